The molecule has 0 radical (unpaired) electrons. The van der Waals surface area contributed by atoms with E-state index in [0.717, 1.165) is 12.4 Å². The molecule has 146 valence electrons. The van der Waals surface area contributed by atoms with Gasteiger partial charge in [0, 0.05) is 6.42 Å². The first-order valence-electron chi connectivity index (χ1n) is 7.77. The Kier molecular flexibility index (Phi) is 6.86. The molecule has 0 aliphatic rings. The van der Waals surface area contributed by atoms with Gasteiger partial charge in [0.15, 0.2) is 10.9 Å². The fourth-order valence-corrected chi connectivity index (χ4v) is 3.48. The van der Waals surface area contributed by atoms with Crippen LogP contribution in [0.1, 0.15) is 12.7 Å². The number of anilines is 1. The van der Waals surface area contributed by atoms with Gasteiger partial charge in [-0.05, 0) is 31.3 Å². The summed E-state index contributed by atoms with van der Waals surface area (Å²) < 4.78 is 50.6. The van der Waals surface area contributed by atoms with Crippen LogP contribution in [0, 0.1) is 5.82 Å². The van der Waals surface area contributed by atoms with E-state index < -0.39 is 21.1 Å². The quantitative estimate of drug-likeness (QED) is 0.662. The van der Waals surface area contributed by atoms with Gasteiger partial charge in [0.25, 0.3) is 0 Å². The van der Waals surface area contributed by atoms with E-state index in [2.05, 4.69) is 20.0 Å². The van der Waals surface area contributed by atoms with Crippen LogP contribution in [-0.4, -0.2) is 43.0 Å². The molecule has 0 aliphatic carbocycles. The number of ether oxygens (including phenoxy) is 2. The number of para-hydroxylation sites is 1. The maximum absolute atomic E-state index is 12.9. The second-order valence-electron chi connectivity index (χ2n) is 5.47. The molecule has 2 aromatic rings. The highest BCUT2D eigenvalue weighted by atomic mass is 32.2. The van der Waals surface area contributed by atoms with E-state index in [0.29, 0.717) is 17.2 Å². The van der Waals surface area contributed by atoms with Crippen LogP contribution >= 0.6 is 12.2 Å². The molecule has 0 bridgehead atoms. The normalized spacial score (nSPS) is 12.1. The molecule has 8 nitrogen and oxygen atoms in total. The Morgan fingerprint density at radius 3 is 2.30 bits per heavy atom. The van der Waals surface area contributed by atoms with Gasteiger partial charge >= 0.3 is 0 Å². The highest BCUT2D eigenvalue weighted by Gasteiger charge is 2.24. The van der Waals surface area contributed by atoms with Gasteiger partial charge in [-0.2, -0.15) is 0 Å². The Bertz CT molecular complexity index is 885. The van der Waals surface area contributed by atoms with Gasteiger partial charge in [-0.15, -0.1) is 0 Å². The van der Waals surface area contributed by atoms with Crippen molar-refractivity contribution in [2.75, 3.05) is 19.5 Å². The molecule has 2 N–H and O–H groups in total. The fraction of sp³-hybridized carbons (Fsp3) is 0.312. The lowest BCUT2D eigenvalue weighted by Gasteiger charge is -2.18. The van der Waals surface area contributed by atoms with Gasteiger partial charge in [0.1, 0.15) is 23.0 Å². The van der Waals surface area contributed by atoms with E-state index in [9.17, 15) is 12.8 Å². The highest BCUT2D eigenvalue weighted by molar-refractivity contribution is 7.92. The molecular formula is C16H19FN4O4S2. The van der Waals surface area contributed by atoms with Crippen molar-refractivity contribution in [2.24, 2.45) is 0 Å². The Morgan fingerprint density at radius 2 is 1.78 bits per heavy atom. The number of halogens is 1. The maximum Gasteiger partial charge on any atom is 0.237 e. The van der Waals surface area contributed by atoms with E-state index in [4.69, 9.17) is 21.7 Å². The van der Waals surface area contributed by atoms with Crippen LogP contribution in [0.15, 0.2) is 30.6 Å². The third-order valence-electron chi connectivity index (χ3n) is 3.57. The summed E-state index contributed by atoms with van der Waals surface area (Å²) in [6.07, 6.45) is 1.96. The molecule has 1 heterocycles. The number of aromatic nitrogens is 2. The third-order valence-corrected chi connectivity index (χ3v) is 5.62. The van der Waals surface area contributed by atoms with Crippen molar-refractivity contribution >= 4 is 33.0 Å². The summed E-state index contributed by atoms with van der Waals surface area (Å²) in [6, 6.07) is 5.08. The maximum atomic E-state index is 12.9. The third kappa shape index (κ3) is 5.47. The summed E-state index contributed by atoms with van der Waals surface area (Å²) in [4.78, 5) is 7.53. The molecule has 1 atom stereocenters. The number of nitrogens with zero attached hydrogens (tertiary/aromatic N) is 2. The van der Waals surface area contributed by atoms with E-state index in [1.807, 2.05) is 0 Å². The molecule has 1 aromatic heterocycles. The molecule has 0 amide bonds. The molecule has 0 saturated carbocycles. The lowest BCUT2D eigenvalue weighted by atomic mass is 10.2. The zero-order valence-electron chi connectivity index (χ0n) is 14.9. The van der Waals surface area contributed by atoms with Gasteiger partial charge in [-0.25, -0.2) is 22.8 Å². The number of hydrogen-bond acceptors (Lipinski definition) is 7. The van der Waals surface area contributed by atoms with E-state index in [-0.39, 0.29) is 17.4 Å². The van der Waals surface area contributed by atoms with Crippen molar-refractivity contribution in [1.29, 1.82) is 0 Å². The predicted molar refractivity (Wildman–Crippen MR) is 103 cm³/mol. The molecule has 27 heavy (non-hydrogen) atoms. The first kappa shape index (κ1) is 20.8. The van der Waals surface area contributed by atoms with Crippen molar-refractivity contribution in [3.05, 3.63) is 42.2 Å². The minimum atomic E-state index is -3.84. The van der Waals surface area contributed by atoms with Crippen LogP contribution in [0.5, 0.6) is 11.5 Å². The molecule has 0 unspecified atom stereocenters. The fourth-order valence-electron chi connectivity index (χ4n) is 2.15. The smallest absolute Gasteiger partial charge is 0.237 e. The van der Waals surface area contributed by atoms with Gasteiger partial charge in [-0.3, -0.25) is 4.72 Å². The summed E-state index contributed by atoms with van der Waals surface area (Å²) >= 11 is 5.11. The lowest BCUT2D eigenvalue weighted by molar-refractivity contribution is 0.398. The zero-order valence-corrected chi connectivity index (χ0v) is 16.5. The standard InChI is InChI=1S/C16H19FN4O4S2/c1-10(7-14-18-8-11(17)9-19-14)27(22,23)21-16(26)20-15-12(24-2)5-4-6-13(15)25-3/h4-6,8-10H,7H2,1-3H3,(H2,20,21,26)/t10-/m1/s1. The number of benzene rings is 1. The molecule has 0 spiro atoms. The van der Waals surface area contributed by atoms with Gasteiger partial charge < -0.3 is 14.8 Å². The first-order chi connectivity index (χ1) is 12.8. The Labute approximate surface area is 162 Å². The number of methoxy groups -OCH3 is 2. The Hall–Kier alpha value is -2.53. The van der Waals surface area contributed by atoms with Crippen molar-refractivity contribution in [3.8, 4) is 11.5 Å². The van der Waals surface area contributed by atoms with Crippen molar-refractivity contribution in [3.63, 3.8) is 0 Å². The van der Waals surface area contributed by atoms with Gasteiger partial charge in [-0.1, -0.05) is 6.07 Å². The molecule has 0 aliphatic heterocycles. The second kappa shape index (κ2) is 8.91. The number of thiocarbonyl (C=S) groups is 1. The lowest BCUT2D eigenvalue weighted by Crippen LogP contribution is -2.40. The van der Waals surface area contributed by atoms with Crippen LogP contribution in [0.3, 0.4) is 0 Å². The minimum Gasteiger partial charge on any atom is -0.494 e. The first-order valence-corrected chi connectivity index (χ1v) is 9.72. The topological polar surface area (TPSA) is 102 Å². The average molecular weight is 414 g/mol. The summed E-state index contributed by atoms with van der Waals surface area (Å²) in [5, 5.41) is 1.72. The van der Waals surface area contributed by atoms with Crippen LogP contribution in [0.2, 0.25) is 0 Å². The van der Waals surface area contributed by atoms with Gasteiger partial charge in [0.2, 0.25) is 10.0 Å². The zero-order chi connectivity index (χ0) is 20.0. The molecule has 0 saturated heterocycles. The van der Waals surface area contributed by atoms with Crippen LogP contribution < -0.4 is 19.5 Å². The summed E-state index contributed by atoms with van der Waals surface area (Å²) in [5.74, 6) is 0.482. The Morgan fingerprint density at radius 1 is 1.22 bits per heavy atom. The van der Waals surface area contributed by atoms with E-state index >= 15 is 0 Å². The highest BCUT2D eigenvalue weighted by Crippen LogP contribution is 2.34. The van der Waals surface area contributed by atoms with Crippen molar-refractivity contribution < 1.29 is 22.3 Å². The molecule has 2 rings (SSSR count). The van der Waals surface area contributed by atoms with Gasteiger partial charge in [0.05, 0.1) is 31.9 Å². The van der Waals surface area contributed by atoms with Crippen LogP contribution in [0.4, 0.5) is 10.1 Å². The Balaban J connectivity index is 2.09. The molecular weight excluding hydrogens is 395 g/mol. The summed E-state index contributed by atoms with van der Waals surface area (Å²) in [5.41, 5.74) is 0.393. The van der Waals surface area contributed by atoms with Crippen molar-refractivity contribution in [2.45, 2.75) is 18.6 Å². The predicted octanol–water partition coefficient (Wildman–Crippen LogP) is 1.88. The monoisotopic (exact) mass is 414 g/mol. The number of nitrogens with one attached hydrogen (secondary N) is 2. The van der Waals surface area contributed by atoms with Crippen LogP contribution in [-0.2, 0) is 16.4 Å². The largest absolute Gasteiger partial charge is 0.494 e. The number of sulfonamides is 1. The average Bonchev–Trinajstić information content (AvgIpc) is 2.63. The van der Waals surface area contributed by atoms with Crippen LogP contribution in [0.25, 0.3) is 0 Å². The van der Waals surface area contributed by atoms with Crippen molar-refractivity contribution in [1.82, 2.24) is 14.7 Å². The summed E-state index contributed by atoms with van der Waals surface area (Å²) in [6.45, 7) is 1.47. The number of hydrogen-bond donors (Lipinski definition) is 2. The SMILES string of the molecule is COc1cccc(OC)c1NC(=S)NS(=O)(=O)[C@H](C)Cc1ncc(F)cn1. The molecule has 0 fully saturated rings. The second-order valence-corrected chi connectivity index (χ2v) is 7.98. The number of rotatable bonds is 7. The molecule has 1 aromatic carbocycles. The van der Waals surface area contributed by atoms with E-state index in [1.54, 1.807) is 18.2 Å². The van der Waals surface area contributed by atoms with E-state index in [1.165, 1.54) is 21.1 Å². The molecule has 11 heteroatoms. The minimum absolute atomic E-state index is 0.00376. The summed E-state index contributed by atoms with van der Waals surface area (Å²) in [7, 11) is -0.896.